The molecule has 4 heteroatoms. The van der Waals surface area contributed by atoms with Crippen LogP contribution in [0, 0.1) is 0 Å². The Morgan fingerprint density at radius 3 is 2.55 bits per heavy atom. The third-order valence-corrected chi connectivity index (χ3v) is 4.97. The largest absolute Gasteiger partial charge is 0.389 e. The van der Waals surface area contributed by atoms with Crippen molar-refractivity contribution in [3.8, 4) is 0 Å². The van der Waals surface area contributed by atoms with E-state index in [2.05, 4.69) is 40.1 Å². The van der Waals surface area contributed by atoms with Gasteiger partial charge in [0.25, 0.3) is 0 Å². The zero-order valence-electron chi connectivity index (χ0n) is 13.5. The minimum absolute atomic E-state index is 0.00680. The minimum atomic E-state index is -0.317. The van der Waals surface area contributed by atoms with Crippen molar-refractivity contribution in [2.45, 2.75) is 44.6 Å². The molecule has 0 aromatic heterocycles. The summed E-state index contributed by atoms with van der Waals surface area (Å²) >= 11 is 0. The average molecular weight is 304 g/mol. The second kappa shape index (κ2) is 7.55. The van der Waals surface area contributed by atoms with Gasteiger partial charge in [-0.2, -0.15) is 0 Å². The molecule has 0 spiro atoms. The second-order valence-corrected chi connectivity index (χ2v) is 6.51. The number of aliphatic hydroxyl groups excluding tert-OH is 1. The van der Waals surface area contributed by atoms with E-state index in [-0.39, 0.29) is 12.2 Å². The molecule has 0 aliphatic carbocycles. The SMILES string of the molecule is CCOC1CN(C2CCN(Cc3ccccc3)CC2)CC1O. The van der Waals surface area contributed by atoms with E-state index in [1.807, 2.05) is 6.92 Å². The summed E-state index contributed by atoms with van der Waals surface area (Å²) in [6, 6.07) is 11.3. The molecule has 0 radical (unpaired) electrons. The summed E-state index contributed by atoms with van der Waals surface area (Å²) in [6.45, 7) is 7.68. The van der Waals surface area contributed by atoms with Gasteiger partial charge in [0.05, 0.1) is 12.2 Å². The van der Waals surface area contributed by atoms with Gasteiger partial charge in [0.1, 0.15) is 0 Å². The van der Waals surface area contributed by atoms with E-state index in [0.717, 1.165) is 32.7 Å². The molecule has 2 aliphatic heterocycles. The van der Waals surface area contributed by atoms with Crippen LogP contribution in [-0.4, -0.2) is 65.9 Å². The monoisotopic (exact) mass is 304 g/mol. The maximum Gasteiger partial charge on any atom is 0.0972 e. The fraction of sp³-hybridized carbons (Fsp3) is 0.667. The molecule has 2 atom stereocenters. The maximum atomic E-state index is 10.1. The van der Waals surface area contributed by atoms with Gasteiger partial charge in [-0.1, -0.05) is 30.3 Å². The van der Waals surface area contributed by atoms with Crippen molar-refractivity contribution in [3.63, 3.8) is 0 Å². The van der Waals surface area contributed by atoms with Crippen molar-refractivity contribution in [1.29, 1.82) is 0 Å². The van der Waals surface area contributed by atoms with E-state index in [4.69, 9.17) is 4.74 Å². The number of nitrogens with zero attached hydrogens (tertiary/aromatic N) is 2. The van der Waals surface area contributed by atoms with Crippen LogP contribution < -0.4 is 0 Å². The molecule has 0 bridgehead atoms. The Kier molecular flexibility index (Phi) is 5.47. The van der Waals surface area contributed by atoms with Gasteiger partial charge in [0, 0.05) is 32.3 Å². The van der Waals surface area contributed by atoms with Gasteiger partial charge in [-0.05, 0) is 38.4 Å². The third kappa shape index (κ3) is 3.87. The van der Waals surface area contributed by atoms with Gasteiger partial charge < -0.3 is 9.84 Å². The number of benzene rings is 1. The third-order valence-electron chi connectivity index (χ3n) is 4.97. The molecule has 1 aromatic rings. The number of β-amino-alcohol motifs (C(OH)–C–C–N with tert-alkyl or cyclic N) is 1. The van der Waals surface area contributed by atoms with Crippen LogP contribution in [0.5, 0.6) is 0 Å². The molecule has 0 saturated carbocycles. The molecule has 2 fully saturated rings. The first-order valence-corrected chi connectivity index (χ1v) is 8.56. The zero-order valence-corrected chi connectivity index (χ0v) is 13.5. The number of aliphatic hydroxyl groups is 1. The van der Waals surface area contributed by atoms with Crippen molar-refractivity contribution in [2.24, 2.45) is 0 Å². The molecule has 0 amide bonds. The first kappa shape index (κ1) is 15.9. The van der Waals surface area contributed by atoms with Crippen molar-refractivity contribution in [2.75, 3.05) is 32.8 Å². The second-order valence-electron chi connectivity index (χ2n) is 6.51. The molecule has 2 aliphatic rings. The molecule has 2 unspecified atom stereocenters. The quantitative estimate of drug-likeness (QED) is 0.899. The first-order valence-electron chi connectivity index (χ1n) is 8.56. The molecule has 4 nitrogen and oxygen atoms in total. The summed E-state index contributed by atoms with van der Waals surface area (Å²) < 4.78 is 5.63. The van der Waals surface area contributed by atoms with Gasteiger partial charge in [-0.15, -0.1) is 0 Å². The average Bonchev–Trinajstić information content (AvgIpc) is 2.91. The molecule has 1 aromatic carbocycles. The summed E-state index contributed by atoms with van der Waals surface area (Å²) in [6.07, 6.45) is 2.08. The van der Waals surface area contributed by atoms with Crippen molar-refractivity contribution in [1.82, 2.24) is 9.80 Å². The summed E-state index contributed by atoms with van der Waals surface area (Å²) in [5, 5.41) is 10.1. The lowest BCUT2D eigenvalue weighted by atomic mass is 10.0. The lowest BCUT2D eigenvalue weighted by Gasteiger charge is -2.36. The van der Waals surface area contributed by atoms with Gasteiger partial charge in [-0.25, -0.2) is 0 Å². The van der Waals surface area contributed by atoms with Crippen LogP contribution in [0.2, 0.25) is 0 Å². The smallest absolute Gasteiger partial charge is 0.0972 e. The molecule has 2 saturated heterocycles. The molecule has 2 heterocycles. The lowest BCUT2D eigenvalue weighted by molar-refractivity contribution is -0.00282. The van der Waals surface area contributed by atoms with Gasteiger partial charge in [0.2, 0.25) is 0 Å². The highest BCUT2D eigenvalue weighted by Gasteiger charge is 2.36. The van der Waals surface area contributed by atoms with Crippen LogP contribution in [0.15, 0.2) is 30.3 Å². The zero-order chi connectivity index (χ0) is 15.4. The Bertz CT molecular complexity index is 446. The normalized spacial score (nSPS) is 28.3. The summed E-state index contributed by atoms with van der Waals surface area (Å²) in [7, 11) is 0. The Labute approximate surface area is 133 Å². The standard InChI is InChI=1S/C18H28N2O2/c1-2-22-18-14-20(13-17(18)21)16-8-10-19(11-9-16)12-15-6-4-3-5-7-15/h3-7,16-18,21H,2,8-14H2,1H3. The molecule has 122 valence electrons. The fourth-order valence-corrected chi connectivity index (χ4v) is 3.75. The lowest BCUT2D eigenvalue weighted by Crippen LogP contribution is -2.44. The van der Waals surface area contributed by atoms with Crippen LogP contribution in [0.25, 0.3) is 0 Å². The van der Waals surface area contributed by atoms with E-state index in [1.54, 1.807) is 0 Å². The number of hydrogen-bond acceptors (Lipinski definition) is 4. The summed E-state index contributed by atoms with van der Waals surface area (Å²) in [4.78, 5) is 4.98. The van der Waals surface area contributed by atoms with Crippen molar-refractivity contribution >= 4 is 0 Å². The Balaban J connectivity index is 1.46. The fourth-order valence-electron chi connectivity index (χ4n) is 3.75. The Morgan fingerprint density at radius 1 is 1.14 bits per heavy atom. The van der Waals surface area contributed by atoms with E-state index in [9.17, 15) is 5.11 Å². The Hall–Kier alpha value is -0.940. The molecule has 3 rings (SSSR count). The molecular weight excluding hydrogens is 276 g/mol. The molecule has 22 heavy (non-hydrogen) atoms. The highest BCUT2D eigenvalue weighted by molar-refractivity contribution is 5.14. The van der Waals surface area contributed by atoms with Gasteiger partial charge >= 0.3 is 0 Å². The van der Waals surface area contributed by atoms with Crippen LogP contribution >= 0.6 is 0 Å². The van der Waals surface area contributed by atoms with Gasteiger partial charge in [0.15, 0.2) is 0 Å². The van der Waals surface area contributed by atoms with Crippen LogP contribution in [-0.2, 0) is 11.3 Å². The predicted molar refractivity (Wildman–Crippen MR) is 87.7 cm³/mol. The minimum Gasteiger partial charge on any atom is -0.389 e. The topological polar surface area (TPSA) is 35.9 Å². The van der Waals surface area contributed by atoms with Crippen LogP contribution in [0.1, 0.15) is 25.3 Å². The van der Waals surface area contributed by atoms with E-state index < -0.39 is 0 Å². The van der Waals surface area contributed by atoms with Crippen molar-refractivity contribution < 1.29 is 9.84 Å². The molecular formula is C18H28N2O2. The maximum absolute atomic E-state index is 10.1. The number of ether oxygens (including phenoxy) is 1. The number of hydrogen-bond donors (Lipinski definition) is 1. The van der Waals surface area contributed by atoms with Gasteiger partial charge in [-0.3, -0.25) is 9.80 Å². The predicted octanol–water partition coefficient (Wildman–Crippen LogP) is 1.73. The van der Waals surface area contributed by atoms with Crippen LogP contribution in [0.3, 0.4) is 0 Å². The molecule has 1 N–H and O–H groups in total. The van der Waals surface area contributed by atoms with Crippen molar-refractivity contribution in [3.05, 3.63) is 35.9 Å². The first-order chi connectivity index (χ1) is 10.8. The summed E-state index contributed by atoms with van der Waals surface area (Å²) in [5.74, 6) is 0. The number of piperidine rings is 1. The summed E-state index contributed by atoms with van der Waals surface area (Å²) in [5.41, 5.74) is 1.40. The van der Waals surface area contributed by atoms with E-state index in [0.29, 0.717) is 12.6 Å². The highest BCUT2D eigenvalue weighted by Crippen LogP contribution is 2.23. The van der Waals surface area contributed by atoms with E-state index >= 15 is 0 Å². The Morgan fingerprint density at radius 2 is 1.86 bits per heavy atom. The highest BCUT2D eigenvalue weighted by atomic mass is 16.5. The van der Waals surface area contributed by atoms with E-state index in [1.165, 1.54) is 18.4 Å². The number of rotatable bonds is 5. The number of likely N-dealkylation sites (tertiary alicyclic amines) is 2. The van der Waals surface area contributed by atoms with Crippen LogP contribution in [0.4, 0.5) is 0 Å².